The Balaban J connectivity index is 2.33. The van der Waals surface area contributed by atoms with Gasteiger partial charge in [0.15, 0.2) is 0 Å². The lowest BCUT2D eigenvalue weighted by Gasteiger charge is -2.10. The van der Waals surface area contributed by atoms with Crippen molar-refractivity contribution in [3.05, 3.63) is 54.1 Å². The first-order valence-corrected chi connectivity index (χ1v) is 7.09. The van der Waals surface area contributed by atoms with Gasteiger partial charge in [0.2, 0.25) is 0 Å². The van der Waals surface area contributed by atoms with Gasteiger partial charge in [-0.25, -0.2) is 13.2 Å². The topological polar surface area (TPSA) is 109 Å². The minimum Gasteiger partial charge on any atom is -0.478 e. The van der Waals surface area contributed by atoms with Crippen molar-refractivity contribution < 1.29 is 18.3 Å². The molecule has 0 fully saturated rings. The van der Waals surface area contributed by atoms with Crippen LogP contribution in [0.1, 0.15) is 10.4 Å². The molecule has 0 aliphatic heterocycles. The zero-order valence-electron chi connectivity index (χ0n) is 10.3. The number of sulfonamides is 1. The van der Waals surface area contributed by atoms with Gasteiger partial charge in [0, 0.05) is 0 Å². The summed E-state index contributed by atoms with van der Waals surface area (Å²) in [6.07, 6.45) is 0. The van der Waals surface area contributed by atoms with Crippen LogP contribution in [0.3, 0.4) is 0 Å². The molecule has 0 bridgehead atoms. The molecular weight excluding hydrogens is 280 g/mol. The molecule has 0 unspecified atom stereocenters. The number of rotatable bonds is 4. The van der Waals surface area contributed by atoms with Gasteiger partial charge in [-0.2, -0.15) is 0 Å². The van der Waals surface area contributed by atoms with E-state index in [2.05, 4.69) is 4.72 Å². The van der Waals surface area contributed by atoms with Gasteiger partial charge in [0.25, 0.3) is 10.0 Å². The molecule has 0 saturated heterocycles. The zero-order chi connectivity index (χ0) is 14.8. The summed E-state index contributed by atoms with van der Waals surface area (Å²) in [4.78, 5) is 10.9. The number of hydrogen-bond acceptors (Lipinski definition) is 4. The van der Waals surface area contributed by atoms with Crippen molar-refractivity contribution >= 4 is 27.4 Å². The SMILES string of the molecule is Nc1cc(C(=O)O)ccc1NS(=O)(=O)c1ccccc1. The van der Waals surface area contributed by atoms with Crippen molar-refractivity contribution in [3.8, 4) is 0 Å². The normalized spacial score (nSPS) is 11.0. The van der Waals surface area contributed by atoms with E-state index in [1.165, 1.54) is 30.3 Å². The highest BCUT2D eigenvalue weighted by Crippen LogP contribution is 2.23. The van der Waals surface area contributed by atoms with E-state index in [-0.39, 0.29) is 21.8 Å². The van der Waals surface area contributed by atoms with Crippen molar-refractivity contribution in [2.45, 2.75) is 4.90 Å². The van der Waals surface area contributed by atoms with Crippen LogP contribution in [0.2, 0.25) is 0 Å². The number of carboxylic acid groups (broad SMARTS) is 1. The smallest absolute Gasteiger partial charge is 0.335 e. The maximum atomic E-state index is 12.1. The predicted octanol–water partition coefficient (Wildman–Crippen LogP) is 1.77. The second-order valence-electron chi connectivity index (χ2n) is 4.03. The van der Waals surface area contributed by atoms with E-state index in [0.29, 0.717) is 0 Å². The van der Waals surface area contributed by atoms with E-state index >= 15 is 0 Å². The van der Waals surface area contributed by atoms with Crippen LogP contribution in [0.5, 0.6) is 0 Å². The molecule has 0 atom stereocenters. The highest BCUT2D eigenvalue weighted by atomic mass is 32.2. The molecule has 0 heterocycles. The quantitative estimate of drug-likeness (QED) is 0.744. The molecule has 0 saturated carbocycles. The molecule has 20 heavy (non-hydrogen) atoms. The fourth-order valence-corrected chi connectivity index (χ4v) is 2.70. The lowest BCUT2D eigenvalue weighted by atomic mass is 10.2. The van der Waals surface area contributed by atoms with E-state index in [1.807, 2.05) is 0 Å². The molecule has 6 nitrogen and oxygen atoms in total. The number of benzene rings is 2. The number of nitrogens with one attached hydrogen (secondary N) is 1. The van der Waals surface area contributed by atoms with Crippen LogP contribution in [0, 0.1) is 0 Å². The molecule has 0 aliphatic rings. The van der Waals surface area contributed by atoms with Gasteiger partial charge in [-0.15, -0.1) is 0 Å². The maximum Gasteiger partial charge on any atom is 0.335 e. The Morgan fingerprint density at radius 3 is 2.30 bits per heavy atom. The first-order chi connectivity index (χ1) is 9.40. The number of carboxylic acids is 1. The van der Waals surface area contributed by atoms with Crippen LogP contribution in [0.4, 0.5) is 11.4 Å². The Bertz CT molecular complexity index is 742. The summed E-state index contributed by atoms with van der Waals surface area (Å²) in [5.41, 5.74) is 5.83. The standard InChI is InChI=1S/C13H12N2O4S/c14-11-8-9(13(16)17)6-7-12(11)15-20(18,19)10-4-2-1-3-5-10/h1-8,15H,14H2,(H,16,17). The largest absolute Gasteiger partial charge is 0.478 e. The number of hydrogen-bond donors (Lipinski definition) is 3. The summed E-state index contributed by atoms with van der Waals surface area (Å²) in [6, 6.07) is 11.6. The predicted molar refractivity (Wildman–Crippen MR) is 75.1 cm³/mol. The van der Waals surface area contributed by atoms with Gasteiger partial charge < -0.3 is 10.8 Å². The highest BCUT2D eigenvalue weighted by molar-refractivity contribution is 7.92. The molecule has 0 aliphatic carbocycles. The van der Waals surface area contributed by atoms with Crippen LogP contribution in [0.25, 0.3) is 0 Å². The van der Waals surface area contributed by atoms with Crippen LogP contribution < -0.4 is 10.5 Å². The van der Waals surface area contributed by atoms with Crippen molar-refractivity contribution in [2.75, 3.05) is 10.5 Å². The van der Waals surface area contributed by atoms with Gasteiger partial charge in [-0.3, -0.25) is 4.72 Å². The Morgan fingerprint density at radius 2 is 1.75 bits per heavy atom. The maximum absolute atomic E-state index is 12.1. The van der Waals surface area contributed by atoms with Gasteiger partial charge in [-0.1, -0.05) is 18.2 Å². The summed E-state index contributed by atoms with van der Waals surface area (Å²) >= 11 is 0. The number of aromatic carboxylic acids is 1. The Morgan fingerprint density at radius 1 is 1.10 bits per heavy atom. The molecule has 7 heteroatoms. The Kier molecular flexibility index (Phi) is 3.62. The van der Waals surface area contributed by atoms with Crippen molar-refractivity contribution in [1.29, 1.82) is 0 Å². The van der Waals surface area contributed by atoms with Crippen LogP contribution in [-0.4, -0.2) is 19.5 Å². The zero-order valence-corrected chi connectivity index (χ0v) is 11.1. The third-order valence-corrected chi connectivity index (χ3v) is 3.98. The van der Waals surface area contributed by atoms with E-state index in [0.717, 1.165) is 0 Å². The van der Waals surface area contributed by atoms with Crippen LogP contribution in [-0.2, 0) is 10.0 Å². The lowest BCUT2D eigenvalue weighted by Crippen LogP contribution is -2.14. The molecule has 2 rings (SSSR count). The van der Waals surface area contributed by atoms with E-state index < -0.39 is 16.0 Å². The molecule has 0 amide bonds. The highest BCUT2D eigenvalue weighted by Gasteiger charge is 2.15. The number of carbonyl (C=O) groups is 1. The average molecular weight is 292 g/mol. The first kappa shape index (κ1) is 13.9. The minimum atomic E-state index is -3.75. The van der Waals surface area contributed by atoms with Gasteiger partial charge in [0.05, 0.1) is 21.8 Å². The molecule has 0 spiro atoms. The molecule has 2 aromatic rings. The summed E-state index contributed by atoms with van der Waals surface area (Å²) in [5, 5.41) is 8.82. The summed E-state index contributed by atoms with van der Waals surface area (Å²) in [7, 11) is -3.75. The Labute approximate surface area is 115 Å². The summed E-state index contributed by atoms with van der Waals surface area (Å²) < 4.78 is 26.5. The molecule has 104 valence electrons. The van der Waals surface area contributed by atoms with Crippen molar-refractivity contribution in [2.24, 2.45) is 0 Å². The molecule has 0 radical (unpaired) electrons. The van der Waals surface area contributed by atoms with Crippen LogP contribution in [0.15, 0.2) is 53.4 Å². The average Bonchev–Trinajstić information content (AvgIpc) is 2.41. The summed E-state index contributed by atoms with van der Waals surface area (Å²) in [6.45, 7) is 0. The number of nitrogens with two attached hydrogens (primary N) is 1. The lowest BCUT2D eigenvalue weighted by molar-refractivity contribution is 0.0697. The monoisotopic (exact) mass is 292 g/mol. The van der Waals surface area contributed by atoms with Crippen molar-refractivity contribution in [3.63, 3.8) is 0 Å². The molecular formula is C13H12N2O4S. The fourth-order valence-electron chi connectivity index (χ4n) is 1.59. The number of anilines is 2. The fraction of sp³-hybridized carbons (Fsp3) is 0. The van der Waals surface area contributed by atoms with Gasteiger partial charge >= 0.3 is 5.97 Å². The van der Waals surface area contributed by atoms with E-state index in [4.69, 9.17) is 10.8 Å². The van der Waals surface area contributed by atoms with Crippen LogP contribution >= 0.6 is 0 Å². The van der Waals surface area contributed by atoms with E-state index in [1.54, 1.807) is 18.2 Å². The second-order valence-corrected chi connectivity index (χ2v) is 5.71. The minimum absolute atomic E-state index is 0.00911. The first-order valence-electron chi connectivity index (χ1n) is 5.61. The molecule has 0 aromatic heterocycles. The van der Waals surface area contributed by atoms with Gasteiger partial charge in [0.1, 0.15) is 0 Å². The van der Waals surface area contributed by atoms with Crippen molar-refractivity contribution in [1.82, 2.24) is 0 Å². The molecule has 4 N–H and O–H groups in total. The third-order valence-electron chi connectivity index (χ3n) is 2.60. The van der Waals surface area contributed by atoms with E-state index in [9.17, 15) is 13.2 Å². The van der Waals surface area contributed by atoms with Gasteiger partial charge in [-0.05, 0) is 30.3 Å². The number of nitrogen functional groups attached to an aromatic ring is 1. The molecule has 2 aromatic carbocycles. The second kappa shape index (κ2) is 5.22. The third kappa shape index (κ3) is 2.89. The Hall–Kier alpha value is -2.54. The summed E-state index contributed by atoms with van der Waals surface area (Å²) in [5.74, 6) is -1.13.